The summed E-state index contributed by atoms with van der Waals surface area (Å²) in [5.41, 5.74) is 5.76. The average Bonchev–Trinajstić information content (AvgIpc) is 3.69. The fourth-order valence-electron chi connectivity index (χ4n) is 4.87. The number of rotatable bonds is 13. The predicted molar refractivity (Wildman–Crippen MR) is 148 cm³/mol. The lowest BCUT2D eigenvalue weighted by molar-refractivity contribution is -0.140. The number of Topliss-reactive ketones (excluding diaryl/α,β-unsaturated/α-hetero) is 2. The SMILES string of the molecule is CCCCC1=NC(N)(C(=O)[C@H](CC2CC2)[C@@H](O)CCCC)C(=O)N(CC(=O)C(C)(C)C)c2ccccc21. The molecule has 0 aromatic heterocycles. The van der Waals surface area contributed by atoms with Crippen molar-refractivity contribution < 1.29 is 19.5 Å². The average molecular weight is 512 g/mol. The van der Waals surface area contributed by atoms with Crippen molar-refractivity contribution in [2.24, 2.45) is 28.0 Å². The first-order chi connectivity index (χ1) is 17.4. The number of aliphatic hydroxyl groups is 1. The van der Waals surface area contributed by atoms with Crippen molar-refractivity contribution in [1.29, 1.82) is 0 Å². The standard InChI is InChI=1S/C30H45N3O4/c1-6-8-13-23-21-12-10-11-14-24(21)33(19-26(35)29(3,4)5)28(37)30(31,32-23)27(36)22(18-20-16-17-20)25(34)15-9-7-2/h10-12,14,20,22,25,34H,6-9,13,15-19,31H2,1-5H3/t22-,25+,30?/m1/s1. The van der Waals surface area contributed by atoms with Crippen LogP contribution < -0.4 is 10.6 Å². The van der Waals surface area contributed by atoms with Gasteiger partial charge in [-0.3, -0.25) is 20.1 Å². The Labute approximate surface area is 221 Å². The minimum Gasteiger partial charge on any atom is -0.392 e. The van der Waals surface area contributed by atoms with Crippen LogP contribution in [-0.2, 0) is 14.4 Å². The first-order valence-electron chi connectivity index (χ1n) is 14.0. The Morgan fingerprint density at radius 2 is 1.81 bits per heavy atom. The number of amides is 1. The molecule has 3 rings (SSSR count). The minimum absolute atomic E-state index is 0.139. The molecule has 1 aliphatic heterocycles. The first-order valence-corrected chi connectivity index (χ1v) is 14.0. The number of nitrogens with two attached hydrogens (primary N) is 1. The highest BCUT2D eigenvalue weighted by atomic mass is 16.3. The van der Waals surface area contributed by atoms with Gasteiger partial charge in [-0.25, -0.2) is 4.99 Å². The molecule has 37 heavy (non-hydrogen) atoms. The number of hydrogen-bond donors (Lipinski definition) is 2. The fourth-order valence-corrected chi connectivity index (χ4v) is 4.87. The molecule has 1 aliphatic carbocycles. The Hall–Kier alpha value is -2.38. The highest BCUT2D eigenvalue weighted by Gasteiger charge is 2.52. The van der Waals surface area contributed by atoms with E-state index in [2.05, 4.69) is 6.92 Å². The molecule has 1 aromatic rings. The van der Waals surface area contributed by atoms with Crippen LogP contribution >= 0.6 is 0 Å². The maximum Gasteiger partial charge on any atom is 0.277 e. The topological polar surface area (TPSA) is 113 Å². The van der Waals surface area contributed by atoms with Crippen LogP contribution in [-0.4, -0.2) is 46.6 Å². The Morgan fingerprint density at radius 1 is 1.16 bits per heavy atom. The van der Waals surface area contributed by atoms with Gasteiger partial charge in [0.1, 0.15) is 0 Å². The number of para-hydroxylation sites is 1. The van der Waals surface area contributed by atoms with E-state index >= 15 is 0 Å². The van der Waals surface area contributed by atoms with Gasteiger partial charge >= 0.3 is 0 Å². The summed E-state index contributed by atoms with van der Waals surface area (Å²) in [4.78, 5) is 47.7. The highest BCUT2D eigenvalue weighted by molar-refractivity contribution is 6.23. The molecule has 0 bridgehead atoms. The quantitative estimate of drug-likeness (QED) is 0.369. The summed E-state index contributed by atoms with van der Waals surface area (Å²) in [7, 11) is 0. The number of aliphatic hydroxyl groups excluding tert-OH is 1. The van der Waals surface area contributed by atoms with Crippen molar-refractivity contribution in [2.75, 3.05) is 11.4 Å². The first kappa shape index (κ1) is 29.2. The number of benzodiazepines with no additional fused rings is 1. The van der Waals surface area contributed by atoms with Crippen molar-refractivity contribution in [3.63, 3.8) is 0 Å². The fraction of sp³-hybridized carbons (Fsp3) is 0.667. The molecule has 1 amide bonds. The third kappa shape index (κ3) is 6.74. The van der Waals surface area contributed by atoms with Crippen molar-refractivity contribution in [2.45, 2.75) is 104 Å². The molecule has 0 saturated heterocycles. The number of carbonyl (C=O) groups is 3. The summed E-state index contributed by atoms with van der Waals surface area (Å²) in [5.74, 6) is -1.79. The van der Waals surface area contributed by atoms with Crippen LogP contribution in [0.2, 0.25) is 0 Å². The molecule has 1 fully saturated rings. The maximum absolute atomic E-state index is 14.2. The molecule has 3 atom stereocenters. The van der Waals surface area contributed by atoms with Gasteiger partial charge in [-0.15, -0.1) is 0 Å². The van der Waals surface area contributed by atoms with Gasteiger partial charge in [-0.05, 0) is 37.7 Å². The lowest BCUT2D eigenvalue weighted by Crippen LogP contribution is -2.62. The van der Waals surface area contributed by atoms with Crippen LogP contribution in [0.5, 0.6) is 0 Å². The number of hydrogen-bond acceptors (Lipinski definition) is 6. The van der Waals surface area contributed by atoms with Gasteiger partial charge in [0.15, 0.2) is 11.6 Å². The Kier molecular flexibility index (Phi) is 9.46. The number of fused-ring (bicyclic) bond motifs is 1. The van der Waals surface area contributed by atoms with Gasteiger partial charge in [0.2, 0.25) is 5.66 Å². The van der Waals surface area contributed by atoms with E-state index in [1.807, 2.05) is 45.9 Å². The van der Waals surface area contributed by atoms with E-state index in [0.717, 1.165) is 44.1 Å². The van der Waals surface area contributed by atoms with Crippen LogP contribution in [0.25, 0.3) is 0 Å². The molecule has 7 nitrogen and oxygen atoms in total. The van der Waals surface area contributed by atoms with E-state index < -0.39 is 34.8 Å². The minimum atomic E-state index is -2.20. The summed E-state index contributed by atoms with van der Waals surface area (Å²) in [5, 5.41) is 11.1. The van der Waals surface area contributed by atoms with Gasteiger partial charge in [0.25, 0.3) is 5.91 Å². The zero-order valence-electron chi connectivity index (χ0n) is 23.3. The predicted octanol–water partition coefficient (Wildman–Crippen LogP) is 4.82. The number of aliphatic imine (C=N–C) groups is 1. The van der Waals surface area contributed by atoms with E-state index in [1.165, 1.54) is 4.90 Å². The van der Waals surface area contributed by atoms with Gasteiger partial charge < -0.3 is 10.0 Å². The summed E-state index contributed by atoms with van der Waals surface area (Å²) in [6, 6.07) is 7.34. The zero-order valence-corrected chi connectivity index (χ0v) is 23.3. The van der Waals surface area contributed by atoms with Crippen LogP contribution in [0.1, 0.15) is 98.0 Å². The van der Waals surface area contributed by atoms with E-state index in [1.54, 1.807) is 6.07 Å². The third-order valence-electron chi connectivity index (χ3n) is 7.61. The highest BCUT2D eigenvalue weighted by Crippen LogP contribution is 2.40. The molecule has 0 spiro atoms. The van der Waals surface area contributed by atoms with Crippen LogP contribution in [0.3, 0.4) is 0 Å². The van der Waals surface area contributed by atoms with Gasteiger partial charge in [-0.2, -0.15) is 0 Å². The van der Waals surface area contributed by atoms with E-state index in [0.29, 0.717) is 36.6 Å². The number of nitrogens with zero attached hydrogens (tertiary/aromatic N) is 2. The van der Waals surface area contributed by atoms with Crippen molar-refractivity contribution in [3.05, 3.63) is 29.8 Å². The molecule has 3 N–H and O–H groups in total. The lowest BCUT2D eigenvalue weighted by atomic mass is 9.82. The van der Waals surface area contributed by atoms with E-state index in [4.69, 9.17) is 10.7 Å². The molecule has 2 aliphatic rings. The number of anilines is 1. The molecule has 1 aromatic carbocycles. The normalized spacial score (nSPS) is 21.6. The van der Waals surface area contributed by atoms with Crippen LogP contribution in [0, 0.1) is 17.3 Å². The molecule has 0 radical (unpaired) electrons. The molecule has 204 valence electrons. The molecule has 1 heterocycles. The summed E-state index contributed by atoms with van der Waals surface area (Å²) in [6.45, 7) is 9.33. The summed E-state index contributed by atoms with van der Waals surface area (Å²) < 4.78 is 0. The monoisotopic (exact) mass is 511 g/mol. The second-order valence-electron chi connectivity index (χ2n) is 11.9. The van der Waals surface area contributed by atoms with Crippen LogP contribution in [0.15, 0.2) is 29.3 Å². The van der Waals surface area contributed by atoms with Crippen LogP contribution in [0.4, 0.5) is 5.69 Å². The Balaban J connectivity index is 2.13. The maximum atomic E-state index is 14.2. The zero-order chi connectivity index (χ0) is 27.4. The number of carbonyl (C=O) groups excluding carboxylic acids is 3. The number of ketones is 2. The molecular weight excluding hydrogens is 466 g/mol. The number of benzene rings is 1. The van der Waals surface area contributed by atoms with E-state index in [9.17, 15) is 19.5 Å². The van der Waals surface area contributed by atoms with Gasteiger partial charge in [0, 0.05) is 22.6 Å². The molecular formula is C30H45N3O4. The second kappa shape index (κ2) is 12.0. The molecule has 7 heteroatoms. The van der Waals surface area contributed by atoms with E-state index in [-0.39, 0.29) is 12.3 Å². The van der Waals surface area contributed by atoms with Gasteiger partial charge in [0.05, 0.1) is 18.3 Å². The largest absolute Gasteiger partial charge is 0.392 e. The summed E-state index contributed by atoms with van der Waals surface area (Å²) in [6.07, 6.45) is 6.08. The second-order valence-corrected chi connectivity index (χ2v) is 11.9. The van der Waals surface area contributed by atoms with Crippen molar-refractivity contribution in [1.82, 2.24) is 0 Å². The van der Waals surface area contributed by atoms with Crippen molar-refractivity contribution >= 4 is 28.9 Å². The van der Waals surface area contributed by atoms with Crippen molar-refractivity contribution in [3.8, 4) is 0 Å². The molecule has 1 unspecified atom stereocenters. The third-order valence-corrected chi connectivity index (χ3v) is 7.61. The number of unbranched alkanes of at least 4 members (excludes halogenated alkanes) is 2. The molecule has 1 saturated carbocycles. The van der Waals surface area contributed by atoms with Gasteiger partial charge in [-0.1, -0.05) is 84.9 Å². The lowest BCUT2D eigenvalue weighted by Gasteiger charge is -2.34. The smallest absolute Gasteiger partial charge is 0.277 e. The Morgan fingerprint density at radius 3 is 2.41 bits per heavy atom. The Bertz CT molecular complexity index is 1020. The summed E-state index contributed by atoms with van der Waals surface area (Å²) >= 11 is 0.